The molecule has 1 rings (SSSR count). The zero-order valence-corrected chi connectivity index (χ0v) is 9.28. The number of amides is 2. The molecule has 1 N–H and O–H groups in total. The van der Waals surface area contributed by atoms with E-state index >= 15 is 0 Å². The van der Waals surface area contributed by atoms with Crippen molar-refractivity contribution in [3.8, 4) is 0 Å². The van der Waals surface area contributed by atoms with Gasteiger partial charge in [0.2, 0.25) is 0 Å². The van der Waals surface area contributed by atoms with E-state index < -0.39 is 16.1 Å². The van der Waals surface area contributed by atoms with Crippen molar-refractivity contribution in [3.63, 3.8) is 0 Å². The van der Waals surface area contributed by atoms with E-state index in [-0.39, 0.29) is 4.90 Å². The Morgan fingerprint density at radius 2 is 1.73 bits per heavy atom. The number of carbonyl (C=O) groups is 1. The first-order valence-electron chi connectivity index (χ1n) is 4.22. The smallest absolute Gasteiger partial charge is 0.330 e. The highest BCUT2D eigenvalue weighted by Crippen LogP contribution is 2.06. The van der Waals surface area contributed by atoms with Gasteiger partial charge in [-0.15, -0.1) is 0 Å². The monoisotopic (exact) mass is 228 g/mol. The minimum atomic E-state index is -3.75. The second kappa shape index (κ2) is 4.31. The highest BCUT2D eigenvalue weighted by atomic mass is 32.2. The summed E-state index contributed by atoms with van der Waals surface area (Å²) in [5, 5.41) is 0. The molecule has 0 unspecified atom stereocenters. The van der Waals surface area contributed by atoms with Gasteiger partial charge in [-0.25, -0.2) is 17.9 Å². The van der Waals surface area contributed by atoms with Crippen LogP contribution in [0.2, 0.25) is 0 Å². The maximum atomic E-state index is 11.6. The Morgan fingerprint density at radius 1 is 1.20 bits per heavy atom. The maximum Gasteiger partial charge on any atom is 0.330 e. The van der Waals surface area contributed by atoms with E-state index in [9.17, 15) is 13.2 Å². The maximum absolute atomic E-state index is 11.6. The lowest BCUT2D eigenvalue weighted by Gasteiger charge is -2.12. The van der Waals surface area contributed by atoms with Crippen molar-refractivity contribution >= 4 is 16.1 Å². The third kappa shape index (κ3) is 2.95. The summed E-state index contributed by atoms with van der Waals surface area (Å²) in [6.45, 7) is 0. The second-order valence-corrected chi connectivity index (χ2v) is 4.80. The van der Waals surface area contributed by atoms with Crippen LogP contribution in [-0.4, -0.2) is 33.4 Å². The normalized spacial score (nSPS) is 10.8. The molecule has 0 bridgehead atoms. The number of hydrogen-bond acceptors (Lipinski definition) is 3. The minimum absolute atomic E-state index is 0.0696. The van der Waals surface area contributed by atoms with E-state index in [4.69, 9.17) is 0 Å². The standard InChI is InChI=1S/C9H12N2O3S/c1-11(2)9(12)10-15(13,14)8-6-4-3-5-7-8/h3-7H,1-2H3,(H,10,12). The first-order valence-corrected chi connectivity index (χ1v) is 5.71. The molecule has 0 aliphatic heterocycles. The summed E-state index contributed by atoms with van der Waals surface area (Å²) in [5.41, 5.74) is 0. The third-order valence-electron chi connectivity index (χ3n) is 1.68. The quantitative estimate of drug-likeness (QED) is 0.808. The van der Waals surface area contributed by atoms with Gasteiger partial charge in [0.1, 0.15) is 0 Å². The average Bonchev–Trinajstić information content (AvgIpc) is 2.18. The lowest BCUT2D eigenvalue weighted by Crippen LogP contribution is -2.38. The van der Waals surface area contributed by atoms with E-state index in [0.29, 0.717) is 0 Å². The second-order valence-electron chi connectivity index (χ2n) is 3.12. The van der Waals surface area contributed by atoms with Gasteiger partial charge < -0.3 is 4.90 Å². The molecule has 6 heteroatoms. The van der Waals surface area contributed by atoms with Gasteiger partial charge in [0.05, 0.1) is 4.90 Å². The molecule has 15 heavy (non-hydrogen) atoms. The molecule has 1 aromatic rings. The van der Waals surface area contributed by atoms with E-state index in [1.165, 1.54) is 26.2 Å². The Morgan fingerprint density at radius 3 is 2.20 bits per heavy atom. The largest absolute Gasteiger partial charge is 0.330 e. The van der Waals surface area contributed by atoms with Crippen LogP contribution in [0.5, 0.6) is 0 Å². The molecular weight excluding hydrogens is 216 g/mol. The zero-order valence-electron chi connectivity index (χ0n) is 8.47. The number of nitrogens with one attached hydrogen (secondary N) is 1. The van der Waals surface area contributed by atoms with Gasteiger partial charge in [0, 0.05) is 14.1 Å². The van der Waals surface area contributed by atoms with Gasteiger partial charge in [-0.2, -0.15) is 0 Å². The Hall–Kier alpha value is -1.56. The van der Waals surface area contributed by atoms with Crippen LogP contribution in [0.3, 0.4) is 0 Å². The number of sulfonamides is 1. The fourth-order valence-corrected chi connectivity index (χ4v) is 1.91. The molecule has 2 amide bonds. The summed E-state index contributed by atoms with van der Waals surface area (Å²) >= 11 is 0. The summed E-state index contributed by atoms with van der Waals surface area (Å²) < 4.78 is 25.1. The Labute approximate surface area is 88.8 Å². The van der Waals surface area contributed by atoms with Crippen molar-refractivity contribution in [2.45, 2.75) is 4.90 Å². The summed E-state index contributed by atoms with van der Waals surface area (Å²) in [4.78, 5) is 12.4. The molecule has 0 radical (unpaired) electrons. The molecule has 0 aliphatic carbocycles. The average molecular weight is 228 g/mol. The molecule has 82 valence electrons. The van der Waals surface area contributed by atoms with Gasteiger partial charge in [-0.1, -0.05) is 18.2 Å². The first-order chi connectivity index (χ1) is 6.93. The molecule has 0 aliphatic rings. The number of carbonyl (C=O) groups excluding carboxylic acids is 1. The van der Waals surface area contributed by atoms with E-state index in [1.54, 1.807) is 18.2 Å². The van der Waals surface area contributed by atoms with E-state index in [0.717, 1.165) is 4.90 Å². The molecule has 0 fully saturated rings. The number of hydrogen-bond donors (Lipinski definition) is 1. The summed E-state index contributed by atoms with van der Waals surface area (Å²) in [5.74, 6) is 0. The van der Waals surface area contributed by atoms with Crippen LogP contribution in [0.15, 0.2) is 35.2 Å². The molecule has 0 aromatic heterocycles. The molecule has 0 saturated carbocycles. The van der Waals surface area contributed by atoms with Crippen LogP contribution in [0, 0.1) is 0 Å². The van der Waals surface area contributed by atoms with Crippen molar-refractivity contribution in [3.05, 3.63) is 30.3 Å². The van der Waals surface area contributed by atoms with Crippen molar-refractivity contribution in [2.75, 3.05) is 14.1 Å². The molecule has 0 spiro atoms. The summed E-state index contributed by atoms with van der Waals surface area (Å²) in [6, 6.07) is 7.06. The van der Waals surface area contributed by atoms with Crippen LogP contribution in [0.25, 0.3) is 0 Å². The summed E-state index contributed by atoms with van der Waals surface area (Å²) in [7, 11) is -0.810. The van der Waals surface area contributed by atoms with Crippen LogP contribution in [0.4, 0.5) is 4.79 Å². The number of urea groups is 1. The van der Waals surface area contributed by atoms with Crippen molar-refractivity contribution in [1.29, 1.82) is 0 Å². The van der Waals surface area contributed by atoms with E-state index in [2.05, 4.69) is 0 Å². The van der Waals surface area contributed by atoms with Gasteiger partial charge in [0.15, 0.2) is 0 Å². The van der Waals surface area contributed by atoms with Crippen LogP contribution >= 0.6 is 0 Å². The van der Waals surface area contributed by atoms with Crippen LogP contribution < -0.4 is 4.72 Å². The molecule has 1 aromatic carbocycles. The van der Waals surface area contributed by atoms with E-state index in [1.807, 2.05) is 4.72 Å². The number of benzene rings is 1. The summed E-state index contributed by atoms with van der Waals surface area (Å²) in [6.07, 6.45) is 0. The molecule has 5 nitrogen and oxygen atoms in total. The SMILES string of the molecule is CN(C)C(=O)NS(=O)(=O)c1ccccc1. The Balaban J connectivity index is 2.91. The first kappa shape index (κ1) is 11.5. The number of nitrogens with zero attached hydrogens (tertiary/aromatic N) is 1. The Kier molecular flexibility index (Phi) is 3.31. The molecule has 0 saturated heterocycles. The fourth-order valence-electron chi connectivity index (χ4n) is 0.865. The predicted octanol–water partition coefficient (Wildman–Crippen LogP) is 0.647. The van der Waals surface area contributed by atoms with Crippen LogP contribution in [0.1, 0.15) is 0 Å². The van der Waals surface area contributed by atoms with Gasteiger partial charge in [-0.3, -0.25) is 0 Å². The lowest BCUT2D eigenvalue weighted by molar-refractivity contribution is 0.223. The van der Waals surface area contributed by atoms with Crippen molar-refractivity contribution < 1.29 is 13.2 Å². The Bertz CT molecular complexity index is 440. The van der Waals surface area contributed by atoms with Gasteiger partial charge in [0.25, 0.3) is 10.0 Å². The molecular formula is C9H12N2O3S. The highest BCUT2D eigenvalue weighted by molar-refractivity contribution is 7.90. The fraction of sp³-hybridized carbons (Fsp3) is 0.222. The van der Waals surface area contributed by atoms with Gasteiger partial charge in [-0.05, 0) is 12.1 Å². The number of rotatable bonds is 2. The van der Waals surface area contributed by atoms with Crippen molar-refractivity contribution in [1.82, 2.24) is 9.62 Å². The van der Waals surface area contributed by atoms with Gasteiger partial charge >= 0.3 is 6.03 Å². The third-order valence-corrected chi connectivity index (χ3v) is 3.02. The lowest BCUT2D eigenvalue weighted by atomic mass is 10.4. The zero-order chi connectivity index (χ0) is 11.5. The topological polar surface area (TPSA) is 66.5 Å². The minimum Gasteiger partial charge on any atom is -0.330 e. The molecule has 0 heterocycles. The molecule has 0 atom stereocenters. The van der Waals surface area contributed by atoms with Crippen molar-refractivity contribution in [2.24, 2.45) is 0 Å². The highest BCUT2D eigenvalue weighted by Gasteiger charge is 2.17. The predicted molar refractivity (Wildman–Crippen MR) is 55.8 cm³/mol. The van der Waals surface area contributed by atoms with Crippen LogP contribution in [-0.2, 0) is 10.0 Å².